The third kappa shape index (κ3) is 2.71. The van der Waals surface area contributed by atoms with E-state index >= 15 is 0 Å². The van der Waals surface area contributed by atoms with Gasteiger partial charge in [-0.15, -0.1) is 5.10 Å². The average Bonchev–Trinajstić information content (AvgIpc) is 2.86. The molecule has 0 saturated carbocycles. The number of hydrogen-bond donors (Lipinski definition) is 1. The summed E-state index contributed by atoms with van der Waals surface area (Å²) in [5.74, 6) is -0.800. The maximum atomic E-state index is 11.2. The number of rotatable bonds is 3. The van der Waals surface area contributed by atoms with Crippen molar-refractivity contribution in [3.8, 4) is 5.69 Å². The first-order chi connectivity index (χ1) is 9.71. The number of nitro benzene ring substituents is 1. The molecule has 0 aliphatic rings. The van der Waals surface area contributed by atoms with Crippen molar-refractivity contribution >= 4 is 11.7 Å². The van der Waals surface area contributed by atoms with Crippen LogP contribution in [-0.2, 0) is 5.41 Å². The average molecular weight is 291 g/mol. The van der Waals surface area contributed by atoms with E-state index < -0.39 is 16.3 Å². The van der Waals surface area contributed by atoms with Crippen LogP contribution in [0.3, 0.4) is 0 Å². The Morgan fingerprint density at radius 1 is 1.38 bits per heavy atom. The molecule has 0 spiro atoms. The molecule has 21 heavy (non-hydrogen) atoms. The summed E-state index contributed by atoms with van der Waals surface area (Å²) in [7, 11) is 0. The van der Waals surface area contributed by atoms with Crippen LogP contribution in [-0.4, -0.2) is 36.2 Å². The lowest BCUT2D eigenvalue weighted by Gasteiger charge is -2.17. The molecule has 1 heterocycles. The molecule has 1 aromatic carbocycles. The molecule has 0 aliphatic carbocycles. The van der Waals surface area contributed by atoms with Crippen LogP contribution < -0.4 is 0 Å². The van der Waals surface area contributed by atoms with Crippen molar-refractivity contribution in [3.05, 3.63) is 39.7 Å². The third-order valence-electron chi connectivity index (χ3n) is 2.79. The van der Waals surface area contributed by atoms with Crippen LogP contribution in [0.5, 0.6) is 0 Å². The number of carbonyl (C=O) groups is 1. The van der Waals surface area contributed by atoms with Crippen molar-refractivity contribution in [3.63, 3.8) is 0 Å². The zero-order valence-corrected chi connectivity index (χ0v) is 11.6. The number of hydrogen-bond acceptors (Lipinski definition) is 6. The standard InChI is InChI=1S/C12H13N5O4/c1-12(2,3)11-13-14-15-16(11)8-5-4-7(10(18)19)6-9(8)17(20)21/h4-6H,1-3H3,(H,18,19). The van der Waals surface area contributed by atoms with Crippen molar-refractivity contribution < 1.29 is 14.8 Å². The molecule has 0 aliphatic heterocycles. The first-order valence-corrected chi connectivity index (χ1v) is 6.03. The van der Waals surface area contributed by atoms with Gasteiger partial charge in [-0.05, 0) is 22.6 Å². The second-order valence-electron chi connectivity index (χ2n) is 5.43. The maximum absolute atomic E-state index is 11.2. The van der Waals surface area contributed by atoms with E-state index in [2.05, 4.69) is 15.5 Å². The van der Waals surface area contributed by atoms with Gasteiger partial charge in [0, 0.05) is 11.5 Å². The van der Waals surface area contributed by atoms with E-state index in [4.69, 9.17) is 5.11 Å². The van der Waals surface area contributed by atoms with Gasteiger partial charge in [-0.3, -0.25) is 10.1 Å². The van der Waals surface area contributed by atoms with Gasteiger partial charge < -0.3 is 5.11 Å². The summed E-state index contributed by atoms with van der Waals surface area (Å²) in [6, 6.07) is 3.60. The monoisotopic (exact) mass is 291 g/mol. The Kier molecular flexibility index (Phi) is 3.42. The summed E-state index contributed by atoms with van der Waals surface area (Å²) in [6.45, 7) is 5.60. The van der Waals surface area contributed by atoms with Crippen molar-refractivity contribution in [2.75, 3.05) is 0 Å². The van der Waals surface area contributed by atoms with Gasteiger partial charge in [0.1, 0.15) is 5.69 Å². The molecule has 1 aromatic heterocycles. The highest BCUT2D eigenvalue weighted by Gasteiger charge is 2.27. The largest absolute Gasteiger partial charge is 0.478 e. The van der Waals surface area contributed by atoms with E-state index in [1.54, 1.807) is 0 Å². The third-order valence-corrected chi connectivity index (χ3v) is 2.79. The van der Waals surface area contributed by atoms with Crippen molar-refractivity contribution in [2.24, 2.45) is 0 Å². The van der Waals surface area contributed by atoms with Crippen LogP contribution >= 0.6 is 0 Å². The fraction of sp³-hybridized carbons (Fsp3) is 0.333. The van der Waals surface area contributed by atoms with Gasteiger partial charge in [0.2, 0.25) is 0 Å². The quantitative estimate of drug-likeness (QED) is 0.672. The minimum absolute atomic E-state index is 0.125. The van der Waals surface area contributed by atoms with Gasteiger partial charge in [-0.1, -0.05) is 20.8 Å². The first-order valence-electron chi connectivity index (χ1n) is 6.03. The zero-order valence-electron chi connectivity index (χ0n) is 11.6. The number of nitro groups is 1. The molecule has 110 valence electrons. The Bertz CT molecular complexity index is 717. The van der Waals surface area contributed by atoms with E-state index in [0.717, 1.165) is 6.07 Å². The molecular formula is C12H13N5O4. The van der Waals surface area contributed by atoms with Crippen LogP contribution in [0.15, 0.2) is 18.2 Å². The van der Waals surface area contributed by atoms with Gasteiger partial charge in [0.15, 0.2) is 5.82 Å². The molecule has 0 atom stereocenters. The number of aromatic nitrogens is 4. The Labute approximate surface area is 119 Å². The fourth-order valence-electron chi connectivity index (χ4n) is 1.80. The number of aromatic carboxylic acids is 1. The van der Waals surface area contributed by atoms with Gasteiger partial charge in [0.05, 0.1) is 10.5 Å². The Morgan fingerprint density at radius 3 is 2.57 bits per heavy atom. The number of carboxylic acid groups (broad SMARTS) is 1. The summed E-state index contributed by atoms with van der Waals surface area (Å²) >= 11 is 0. The van der Waals surface area contributed by atoms with E-state index in [9.17, 15) is 14.9 Å². The van der Waals surface area contributed by atoms with Crippen LogP contribution in [0, 0.1) is 10.1 Å². The van der Waals surface area contributed by atoms with Crippen LogP contribution in [0.4, 0.5) is 5.69 Å². The second kappa shape index (κ2) is 4.93. The molecule has 0 radical (unpaired) electrons. The summed E-state index contributed by atoms with van der Waals surface area (Å²) in [6.07, 6.45) is 0. The van der Waals surface area contributed by atoms with Crippen molar-refractivity contribution in [1.82, 2.24) is 20.2 Å². The number of nitrogens with zero attached hydrogens (tertiary/aromatic N) is 5. The molecule has 9 nitrogen and oxygen atoms in total. The van der Waals surface area contributed by atoms with Crippen LogP contribution in [0.2, 0.25) is 0 Å². The molecule has 1 N–H and O–H groups in total. The lowest BCUT2D eigenvalue weighted by Crippen LogP contribution is -2.19. The molecular weight excluding hydrogens is 278 g/mol. The lowest BCUT2D eigenvalue weighted by atomic mass is 9.95. The van der Waals surface area contributed by atoms with Crippen LogP contribution in [0.1, 0.15) is 37.0 Å². The van der Waals surface area contributed by atoms with E-state index in [-0.39, 0.29) is 16.9 Å². The zero-order chi connectivity index (χ0) is 15.8. The maximum Gasteiger partial charge on any atom is 0.335 e. The fourth-order valence-corrected chi connectivity index (χ4v) is 1.80. The summed E-state index contributed by atoms with van der Waals surface area (Å²) in [4.78, 5) is 21.5. The molecule has 0 fully saturated rings. The smallest absolute Gasteiger partial charge is 0.335 e. The Hall–Kier alpha value is -2.84. The molecule has 0 amide bonds. The normalized spacial score (nSPS) is 11.4. The first kappa shape index (κ1) is 14.6. The van der Waals surface area contributed by atoms with Gasteiger partial charge in [-0.2, -0.15) is 4.68 Å². The lowest BCUT2D eigenvalue weighted by molar-refractivity contribution is -0.384. The summed E-state index contributed by atoms with van der Waals surface area (Å²) in [5.41, 5.74) is -0.841. The van der Waals surface area contributed by atoms with E-state index in [1.807, 2.05) is 20.8 Å². The van der Waals surface area contributed by atoms with Crippen molar-refractivity contribution in [1.29, 1.82) is 0 Å². The van der Waals surface area contributed by atoms with E-state index in [1.165, 1.54) is 16.8 Å². The predicted molar refractivity (Wildman–Crippen MR) is 71.5 cm³/mol. The van der Waals surface area contributed by atoms with Gasteiger partial charge in [-0.25, -0.2) is 4.79 Å². The molecule has 2 aromatic rings. The highest BCUT2D eigenvalue weighted by molar-refractivity contribution is 5.89. The highest BCUT2D eigenvalue weighted by atomic mass is 16.6. The second-order valence-corrected chi connectivity index (χ2v) is 5.43. The van der Waals surface area contributed by atoms with Gasteiger partial charge >= 0.3 is 5.97 Å². The molecule has 0 saturated heterocycles. The minimum atomic E-state index is -1.24. The highest BCUT2D eigenvalue weighted by Crippen LogP contribution is 2.28. The molecule has 9 heteroatoms. The minimum Gasteiger partial charge on any atom is -0.478 e. The Morgan fingerprint density at radius 2 is 2.05 bits per heavy atom. The molecule has 0 bridgehead atoms. The SMILES string of the molecule is CC(C)(C)c1nnnn1-c1ccc(C(=O)O)cc1[N+](=O)[O-]. The van der Waals surface area contributed by atoms with Gasteiger partial charge in [0.25, 0.3) is 5.69 Å². The number of carboxylic acids is 1. The van der Waals surface area contributed by atoms with Crippen molar-refractivity contribution in [2.45, 2.75) is 26.2 Å². The summed E-state index contributed by atoms with van der Waals surface area (Å²) in [5, 5.41) is 31.3. The molecule has 2 rings (SSSR count). The number of tetrazole rings is 1. The van der Waals surface area contributed by atoms with Crippen LogP contribution in [0.25, 0.3) is 5.69 Å². The van der Waals surface area contributed by atoms with E-state index in [0.29, 0.717) is 5.82 Å². The number of benzene rings is 1. The summed E-state index contributed by atoms with van der Waals surface area (Å²) < 4.78 is 1.25. The topological polar surface area (TPSA) is 124 Å². The Balaban J connectivity index is 2.68. The molecule has 0 unspecified atom stereocenters. The predicted octanol–water partition coefficient (Wildman–Crippen LogP) is 1.57.